The number of aromatic hydroxyl groups is 1. The summed E-state index contributed by atoms with van der Waals surface area (Å²) in [5, 5.41) is 19.7. The summed E-state index contributed by atoms with van der Waals surface area (Å²) in [6.07, 6.45) is 1.99. The minimum Gasteiger partial charge on any atom is -0.507 e. The van der Waals surface area contributed by atoms with E-state index in [1.807, 2.05) is 6.92 Å². The van der Waals surface area contributed by atoms with Crippen molar-refractivity contribution in [3.05, 3.63) is 52.3 Å². The van der Waals surface area contributed by atoms with Crippen molar-refractivity contribution in [1.29, 1.82) is 0 Å². The van der Waals surface area contributed by atoms with Crippen LogP contribution in [0.15, 0.2) is 41.2 Å². The molecule has 0 bridgehead atoms. The number of ketones is 2. The highest BCUT2D eigenvalue weighted by molar-refractivity contribution is 6.29. The maximum atomic E-state index is 12.4. The van der Waals surface area contributed by atoms with Crippen LogP contribution in [0.4, 0.5) is 0 Å². The Balaban J connectivity index is 2.28. The highest BCUT2D eigenvalue weighted by atomic mass is 16.3. The molecule has 0 amide bonds. The van der Waals surface area contributed by atoms with Gasteiger partial charge in [0.1, 0.15) is 11.5 Å². The Morgan fingerprint density at radius 2 is 1.89 bits per heavy atom. The number of rotatable bonds is 0. The van der Waals surface area contributed by atoms with Gasteiger partial charge in [0.15, 0.2) is 5.78 Å². The van der Waals surface area contributed by atoms with Gasteiger partial charge in [0.05, 0.1) is 11.1 Å². The van der Waals surface area contributed by atoms with Crippen LogP contribution in [0.2, 0.25) is 0 Å². The summed E-state index contributed by atoms with van der Waals surface area (Å²) < 4.78 is 0. The van der Waals surface area contributed by atoms with Gasteiger partial charge in [-0.05, 0) is 24.5 Å². The molecule has 2 N–H and O–H groups in total. The zero-order valence-corrected chi connectivity index (χ0v) is 10.3. The number of allylic oxidation sites excluding steroid dienone is 3. The predicted molar refractivity (Wildman–Crippen MR) is 68.3 cm³/mol. The first-order valence-electron chi connectivity index (χ1n) is 6.06. The average Bonchev–Trinajstić information content (AvgIpc) is 2.34. The molecule has 0 aromatic heterocycles. The Hall–Kier alpha value is -2.36. The molecule has 0 saturated heterocycles. The molecule has 2 aliphatic rings. The largest absolute Gasteiger partial charge is 0.507 e. The number of benzene rings is 1. The predicted octanol–water partition coefficient (Wildman–Crippen LogP) is 2.55. The van der Waals surface area contributed by atoms with Gasteiger partial charge in [-0.3, -0.25) is 9.59 Å². The van der Waals surface area contributed by atoms with Crippen LogP contribution in [0, 0.1) is 5.92 Å². The number of hydrogen-bond donors (Lipinski definition) is 2. The number of fused-ring (bicyclic) bond motifs is 1. The van der Waals surface area contributed by atoms with Crippen LogP contribution in [0.1, 0.15) is 34.1 Å². The fourth-order valence-electron chi connectivity index (χ4n) is 2.71. The third-order valence-electron chi connectivity index (χ3n) is 3.54. The van der Waals surface area contributed by atoms with Gasteiger partial charge in [0.25, 0.3) is 0 Å². The quantitative estimate of drug-likeness (QED) is 0.748. The number of aliphatic hydroxyl groups excluding tert-OH is 1. The van der Waals surface area contributed by atoms with Gasteiger partial charge in [0.2, 0.25) is 5.78 Å². The minimum atomic E-state index is -0.483. The number of carbonyl (C=O) groups excluding carboxylic acids is 2. The molecule has 0 heterocycles. The van der Waals surface area contributed by atoms with Gasteiger partial charge < -0.3 is 10.2 Å². The van der Waals surface area contributed by atoms with Gasteiger partial charge in [-0.2, -0.15) is 0 Å². The highest BCUT2D eigenvalue weighted by Crippen LogP contribution is 2.39. The lowest BCUT2D eigenvalue weighted by Crippen LogP contribution is -2.26. The van der Waals surface area contributed by atoms with Crippen molar-refractivity contribution >= 4 is 11.6 Å². The normalized spacial score (nSPS) is 21.9. The molecule has 19 heavy (non-hydrogen) atoms. The van der Waals surface area contributed by atoms with Crippen molar-refractivity contribution in [2.45, 2.75) is 13.3 Å². The summed E-state index contributed by atoms with van der Waals surface area (Å²) in [4.78, 5) is 24.7. The molecule has 1 unspecified atom stereocenters. The Kier molecular flexibility index (Phi) is 2.35. The van der Waals surface area contributed by atoms with E-state index in [0.717, 1.165) is 0 Å². The Labute approximate surface area is 109 Å². The van der Waals surface area contributed by atoms with E-state index in [4.69, 9.17) is 0 Å². The molecule has 2 aliphatic carbocycles. The third kappa shape index (κ3) is 1.53. The molecule has 96 valence electrons. The monoisotopic (exact) mass is 256 g/mol. The third-order valence-corrected chi connectivity index (χ3v) is 3.54. The fourth-order valence-corrected chi connectivity index (χ4v) is 2.71. The molecule has 3 rings (SSSR count). The average molecular weight is 256 g/mol. The van der Waals surface area contributed by atoms with Crippen LogP contribution in [-0.4, -0.2) is 21.8 Å². The first-order chi connectivity index (χ1) is 9.00. The smallest absolute Gasteiger partial charge is 0.201 e. The number of Topliss-reactive ketones (excluding diaryl/α,β-unsaturated/α-hetero) is 2. The van der Waals surface area contributed by atoms with Crippen molar-refractivity contribution in [3.63, 3.8) is 0 Å². The molecule has 0 radical (unpaired) electrons. The second-order valence-electron chi connectivity index (χ2n) is 4.94. The van der Waals surface area contributed by atoms with Crippen LogP contribution in [0.5, 0.6) is 5.75 Å². The van der Waals surface area contributed by atoms with Gasteiger partial charge in [0, 0.05) is 11.1 Å². The maximum Gasteiger partial charge on any atom is 0.201 e. The Morgan fingerprint density at radius 3 is 2.63 bits per heavy atom. The Morgan fingerprint density at radius 1 is 1.16 bits per heavy atom. The van der Waals surface area contributed by atoms with E-state index in [2.05, 4.69) is 0 Å². The van der Waals surface area contributed by atoms with Crippen LogP contribution >= 0.6 is 0 Å². The molecule has 4 nitrogen and oxygen atoms in total. The van der Waals surface area contributed by atoms with Crippen LogP contribution in [0.3, 0.4) is 0 Å². The second kappa shape index (κ2) is 3.82. The number of hydrogen-bond acceptors (Lipinski definition) is 4. The minimum absolute atomic E-state index is 0.00867. The molecule has 0 saturated carbocycles. The number of carbonyl (C=O) groups is 2. The summed E-state index contributed by atoms with van der Waals surface area (Å²) in [7, 11) is 0. The summed E-state index contributed by atoms with van der Waals surface area (Å²) >= 11 is 0. The topological polar surface area (TPSA) is 74.6 Å². The van der Waals surface area contributed by atoms with Gasteiger partial charge in [-0.15, -0.1) is 0 Å². The standard InChI is InChI=1S/C15H12O4/c1-7-5-9-13(11(17)6-7)15(19)12-8(14(9)18)3-2-4-10(12)16/h2-4,6-7,16-17H,5H2,1H3. The fraction of sp³-hybridized carbons (Fsp3) is 0.200. The molecule has 1 aromatic carbocycles. The first-order valence-corrected chi connectivity index (χ1v) is 6.06. The highest BCUT2D eigenvalue weighted by Gasteiger charge is 2.37. The molecule has 4 heteroatoms. The number of aliphatic hydroxyl groups is 1. The Bertz CT molecular complexity index is 679. The lowest BCUT2D eigenvalue weighted by molar-refractivity contribution is 0.0962. The van der Waals surface area contributed by atoms with Crippen LogP contribution < -0.4 is 0 Å². The molecular weight excluding hydrogens is 244 g/mol. The summed E-state index contributed by atoms with van der Waals surface area (Å²) in [5.41, 5.74) is 0.583. The summed E-state index contributed by atoms with van der Waals surface area (Å²) in [5.74, 6) is -1.15. The molecule has 1 atom stereocenters. The molecular formula is C15H12O4. The van der Waals surface area contributed by atoms with E-state index in [1.54, 1.807) is 6.08 Å². The van der Waals surface area contributed by atoms with Crippen molar-refractivity contribution in [1.82, 2.24) is 0 Å². The van der Waals surface area contributed by atoms with Gasteiger partial charge in [-0.1, -0.05) is 19.1 Å². The second-order valence-corrected chi connectivity index (χ2v) is 4.94. The van der Waals surface area contributed by atoms with Gasteiger partial charge >= 0.3 is 0 Å². The van der Waals surface area contributed by atoms with E-state index in [9.17, 15) is 19.8 Å². The van der Waals surface area contributed by atoms with E-state index in [0.29, 0.717) is 12.0 Å². The number of phenolic OH excluding ortho intramolecular Hbond substituents is 1. The van der Waals surface area contributed by atoms with Crippen LogP contribution in [0.25, 0.3) is 0 Å². The maximum absolute atomic E-state index is 12.4. The zero-order valence-electron chi connectivity index (χ0n) is 10.3. The van der Waals surface area contributed by atoms with E-state index >= 15 is 0 Å². The van der Waals surface area contributed by atoms with E-state index < -0.39 is 5.78 Å². The zero-order chi connectivity index (χ0) is 13.7. The summed E-state index contributed by atoms with van der Waals surface area (Å²) in [6, 6.07) is 4.42. The first kappa shape index (κ1) is 11.7. The number of phenols is 1. The molecule has 0 fully saturated rings. The summed E-state index contributed by atoms with van der Waals surface area (Å²) in [6.45, 7) is 1.87. The molecule has 0 spiro atoms. The molecule has 1 aromatic rings. The van der Waals surface area contributed by atoms with E-state index in [1.165, 1.54) is 18.2 Å². The van der Waals surface area contributed by atoms with Crippen molar-refractivity contribution in [2.75, 3.05) is 0 Å². The van der Waals surface area contributed by atoms with E-state index in [-0.39, 0.29) is 39.9 Å². The van der Waals surface area contributed by atoms with Crippen molar-refractivity contribution < 1.29 is 19.8 Å². The SMILES string of the molecule is CC1C=C(O)C2=C(C1)C(=O)c1cccc(O)c1C2=O. The lowest BCUT2D eigenvalue weighted by atomic mass is 9.76. The van der Waals surface area contributed by atoms with Gasteiger partial charge in [-0.25, -0.2) is 0 Å². The van der Waals surface area contributed by atoms with Crippen molar-refractivity contribution in [3.8, 4) is 5.75 Å². The van der Waals surface area contributed by atoms with Crippen LogP contribution in [-0.2, 0) is 0 Å². The van der Waals surface area contributed by atoms with Crippen molar-refractivity contribution in [2.24, 2.45) is 5.92 Å². The molecule has 0 aliphatic heterocycles. The lowest BCUT2D eigenvalue weighted by Gasteiger charge is -2.26.